The smallest absolute Gasteiger partial charge is 0.226 e. The average Bonchev–Trinajstić information content (AvgIpc) is 2.83. The number of amides is 2. The summed E-state index contributed by atoms with van der Waals surface area (Å²) >= 11 is 0. The van der Waals surface area contributed by atoms with Gasteiger partial charge in [-0.2, -0.15) is 5.10 Å². The summed E-state index contributed by atoms with van der Waals surface area (Å²) in [6, 6.07) is 2.01. The molecular formula is C17H28ClN5O2. The summed E-state index contributed by atoms with van der Waals surface area (Å²) in [4.78, 5) is 26.0. The number of carbonyl (C=O) groups is 2. The Morgan fingerprint density at radius 1 is 1.32 bits per heavy atom. The van der Waals surface area contributed by atoms with E-state index in [-0.39, 0.29) is 29.6 Å². The van der Waals surface area contributed by atoms with Crippen LogP contribution in [0.25, 0.3) is 0 Å². The molecule has 3 heterocycles. The third kappa shape index (κ3) is 4.52. The lowest BCUT2D eigenvalue weighted by Crippen LogP contribution is -2.45. The normalized spacial score (nSPS) is 19.4. The lowest BCUT2D eigenvalue weighted by Gasteiger charge is -2.32. The second-order valence-corrected chi connectivity index (χ2v) is 7.14. The van der Waals surface area contributed by atoms with Gasteiger partial charge in [0.05, 0.1) is 24.5 Å². The fourth-order valence-corrected chi connectivity index (χ4v) is 3.47. The van der Waals surface area contributed by atoms with Gasteiger partial charge in [0.25, 0.3) is 0 Å². The number of rotatable bonds is 3. The predicted molar refractivity (Wildman–Crippen MR) is 97.2 cm³/mol. The molecule has 0 atom stereocenters. The topological polar surface area (TPSA) is 79.3 Å². The number of nitrogens with one attached hydrogen (secondary N) is 2. The Balaban J connectivity index is 0.00000225. The SMILES string of the molecule is CC(=O)N1CCCn2nc(CNC(=O)C3(C)CCNCC3)cc2C1.Cl. The molecule has 2 N–H and O–H groups in total. The molecule has 3 rings (SSSR count). The first-order valence-electron chi connectivity index (χ1n) is 8.78. The monoisotopic (exact) mass is 369 g/mol. The lowest BCUT2D eigenvalue weighted by atomic mass is 9.80. The van der Waals surface area contributed by atoms with Crippen LogP contribution in [0, 0.1) is 5.41 Å². The molecule has 0 aromatic carbocycles. The van der Waals surface area contributed by atoms with Gasteiger partial charge >= 0.3 is 0 Å². The number of aryl methyl sites for hydroxylation is 1. The number of hydrogen-bond donors (Lipinski definition) is 2. The van der Waals surface area contributed by atoms with E-state index in [4.69, 9.17) is 0 Å². The molecule has 140 valence electrons. The summed E-state index contributed by atoms with van der Waals surface area (Å²) in [5.74, 6) is 0.205. The number of hydrogen-bond acceptors (Lipinski definition) is 4. The average molecular weight is 370 g/mol. The molecule has 1 aromatic rings. The Labute approximate surface area is 154 Å². The third-order valence-electron chi connectivity index (χ3n) is 5.20. The van der Waals surface area contributed by atoms with Crippen molar-refractivity contribution in [3.05, 3.63) is 17.5 Å². The lowest BCUT2D eigenvalue weighted by molar-refractivity contribution is -0.131. The highest BCUT2D eigenvalue weighted by Gasteiger charge is 2.34. The molecule has 0 bridgehead atoms. The number of halogens is 1. The molecule has 0 aliphatic carbocycles. The van der Waals surface area contributed by atoms with E-state index < -0.39 is 0 Å². The van der Waals surface area contributed by atoms with E-state index in [2.05, 4.69) is 15.7 Å². The van der Waals surface area contributed by atoms with Crippen LogP contribution in [0.1, 0.15) is 44.5 Å². The highest BCUT2D eigenvalue weighted by atomic mass is 35.5. The Bertz CT molecular complexity index is 625. The second kappa shape index (κ2) is 8.19. The summed E-state index contributed by atoms with van der Waals surface area (Å²) in [5, 5.41) is 10.9. The molecule has 1 saturated heterocycles. The predicted octanol–water partition coefficient (Wildman–Crippen LogP) is 1.06. The Morgan fingerprint density at radius 3 is 2.72 bits per heavy atom. The summed E-state index contributed by atoms with van der Waals surface area (Å²) < 4.78 is 1.97. The molecule has 2 aliphatic rings. The van der Waals surface area contributed by atoms with Gasteiger partial charge in [-0.15, -0.1) is 12.4 Å². The van der Waals surface area contributed by atoms with Crippen LogP contribution in [0.2, 0.25) is 0 Å². The zero-order valence-electron chi connectivity index (χ0n) is 15.0. The van der Waals surface area contributed by atoms with Gasteiger partial charge in [-0.05, 0) is 38.4 Å². The van der Waals surface area contributed by atoms with Crippen molar-refractivity contribution in [1.82, 2.24) is 25.3 Å². The van der Waals surface area contributed by atoms with Gasteiger partial charge in [0, 0.05) is 25.4 Å². The van der Waals surface area contributed by atoms with Crippen LogP contribution in [0.15, 0.2) is 6.07 Å². The number of carbonyl (C=O) groups excluding carboxylic acids is 2. The molecule has 1 fully saturated rings. The summed E-state index contributed by atoms with van der Waals surface area (Å²) in [6.07, 6.45) is 2.64. The van der Waals surface area contributed by atoms with E-state index in [0.29, 0.717) is 13.1 Å². The standard InChI is InChI=1S/C17H27N5O2.ClH/c1-13(23)21-8-3-9-22-15(12-21)10-14(20-22)11-19-16(24)17(2)4-6-18-7-5-17;/h10,18H,3-9,11-12H2,1-2H3,(H,19,24);1H. The van der Waals surface area contributed by atoms with Crippen molar-refractivity contribution >= 4 is 24.2 Å². The molecule has 0 radical (unpaired) electrons. The van der Waals surface area contributed by atoms with Crippen LogP contribution < -0.4 is 10.6 Å². The zero-order valence-corrected chi connectivity index (χ0v) is 15.8. The molecule has 8 heteroatoms. The Morgan fingerprint density at radius 2 is 2.04 bits per heavy atom. The number of aromatic nitrogens is 2. The van der Waals surface area contributed by atoms with Crippen molar-refractivity contribution < 1.29 is 9.59 Å². The summed E-state index contributed by atoms with van der Waals surface area (Å²) in [5.41, 5.74) is 1.62. The van der Waals surface area contributed by atoms with Crippen LogP contribution in [0.5, 0.6) is 0 Å². The van der Waals surface area contributed by atoms with E-state index in [1.54, 1.807) is 6.92 Å². The largest absolute Gasteiger partial charge is 0.350 e. The highest BCUT2D eigenvalue weighted by Crippen LogP contribution is 2.28. The van der Waals surface area contributed by atoms with Crippen molar-refractivity contribution in [1.29, 1.82) is 0 Å². The van der Waals surface area contributed by atoms with Crippen molar-refractivity contribution in [2.45, 2.75) is 52.7 Å². The van der Waals surface area contributed by atoms with E-state index >= 15 is 0 Å². The van der Waals surface area contributed by atoms with Crippen LogP contribution in [-0.2, 0) is 29.2 Å². The maximum atomic E-state index is 12.5. The van der Waals surface area contributed by atoms with Crippen molar-refractivity contribution in [3.8, 4) is 0 Å². The van der Waals surface area contributed by atoms with Crippen LogP contribution in [0.3, 0.4) is 0 Å². The highest BCUT2D eigenvalue weighted by molar-refractivity contribution is 5.85. The van der Waals surface area contributed by atoms with Crippen molar-refractivity contribution in [2.24, 2.45) is 5.41 Å². The van der Waals surface area contributed by atoms with E-state index in [1.165, 1.54) is 0 Å². The van der Waals surface area contributed by atoms with E-state index in [1.807, 2.05) is 22.6 Å². The molecule has 0 spiro atoms. The minimum atomic E-state index is -0.284. The summed E-state index contributed by atoms with van der Waals surface area (Å²) in [7, 11) is 0. The molecule has 2 aliphatic heterocycles. The first kappa shape index (κ1) is 19.7. The molecule has 1 aromatic heterocycles. The van der Waals surface area contributed by atoms with Gasteiger partial charge < -0.3 is 15.5 Å². The number of piperidine rings is 1. The quantitative estimate of drug-likeness (QED) is 0.835. The Hall–Kier alpha value is -1.60. The number of nitrogens with zero attached hydrogens (tertiary/aromatic N) is 3. The molecule has 0 saturated carbocycles. The van der Waals surface area contributed by atoms with Gasteiger partial charge in [-0.1, -0.05) is 6.92 Å². The second-order valence-electron chi connectivity index (χ2n) is 7.14. The third-order valence-corrected chi connectivity index (χ3v) is 5.20. The van der Waals surface area contributed by atoms with Gasteiger partial charge in [0.2, 0.25) is 11.8 Å². The van der Waals surface area contributed by atoms with Gasteiger partial charge in [0.15, 0.2) is 0 Å². The zero-order chi connectivity index (χ0) is 17.2. The van der Waals surface area contributed by atoms with E-state index in [0.717, 1.165) is 56.8 Å². The first-order chi connectivity index (χ1) is 11.5. The molecule has 0 unspecified atom stereocenters. The summed E-state index contributed by atoms with van der Waals surface area (Å²) in [6.45, 7) is 8.06. The van der Waals surface area contributed by atoms with Crippen molar-refractivity contribution in [3.63, 3.8) is 0 Å². The van der Waals surface area contributed by atoms with Gasteiger partial charge in [-0.25, -0.2) is 0 Å². The maximum absolute atomic E-state index is 12.5. The van der Waals surface area contributed by atoms with Gasteiger partial charge in [-0.3, -0.25) is 14.3 Å². The fraction of sp³-hybridized carbons (Fsp3) is 0.706. The molecular weight excluding hydrogens is 342 g/mol. The molecule has 7 nitrogen and oxygen atoms in total. The Kier molecular flexibility index (Phi) is 6.46. The van der Waals surface area contributed by atoms with Crippen LogP contribution in [0.4, 0.5) is 0 Å². The minimum Gasteiger partial charge on any atom is -0.350 e. The first-order valence-corrected chi connectivity index (χ1v) is 8.78. The molecule has 25 heavy (non-hydrogen) atoms. The van der Waals surface area contributed by atoms with E-state index in [9.17, 15) is 9.59 Å². The van der Waals surface area contributed by atoms with Crippen molar-refractivity contribution in [2.75, 3.05) is 19.6 Å². The fourth-order valence-electron chi connectivity index (χ4n) is 3.47. The van der Waals surface area contributed by atoms with Crippen LogP contribution >= 0.6 is 12.4 Å². The maximum Gasteiger partial charge on any atom is 0.226 e. The number of fused-ring (bicyclic) bond motifs is 1. The molecule has 2 amide bonds. The van der Waals surface area contributed by atoms with Gasteiger partial charge in [0.1, 0.15) is 0 Å². The van der Waals surface area contributed by atoms with Crippen LogP contribution in [-0.4, -0.2) is 46.1 Å². The minimum absolute atomic E-state index is 0.